The summed E-state index contributed by atoms with van der Waals surface area (Å²) >= 11 is 7.66. The lowest BCUT2D eigenvalue weighted by Gasteiger charge is -2.08. The molecule has 1 amide bonds. The molecule has 0 atom stereocenters. The molecule has 0 aliphatic carbocycles. The van der Waals surface area contributed by atoms with Gasteiger partial charge in [0.05, 0.1) is 14.3 Å². The number of halogens is 3. The lowest BCUT2D eigenvalue weighted by atomic mass is 10.3. The van der Waals surface area contributed by atoms with Crippen LogP contribution in [0.15, 0.2) is 30.5 Å². The predicted molar refractivity (Wildman–Crippen MR) is 77.5 cm³/mol. The van der Waals surface area contributed by atoms with Crippen molar-refractivity contribution >= 4 is 45.8 Å². The van der Waals surface area contributed by atoms with Crippen LogP contribution in [0.4, 0.5) is 10.1 Å². The summed E-state index contributed by atoms with van der Waals surface area (Å²) < 4.78 is 15.3. The Morgan fingerprint density at radius 1 is 1.50 bits per heavy atom. The second-order valence-corrected chi connectivity index (χ2v) is 5.23. The van der Waals surface area contributed by atoms with Crippen LogP contribution in [0.3, 0.4) is 0 Å². The Bertz CT molecular complexity index is 612. The van der Waals surface area contributed by atoms with Gasteiger partial charge in [-0.05, 0) is 40.8 Å². The zero-order valence-corrected chi connectivity index (χ0v) is 12.3. The van der Waals surface area contributed by atoms with Crippen LogP contribution in [0, 0.1) is 9.39 Å². The third-order valence-corrected chi connectivity index (χ3v) is 3.71. The molecule has 1 aromatic carbocycles. The Kier molecular flexibility index (Phi) is 3.91. The molecule has 1 N–H and O–H groups in total. The maximum Gasteiger partial charge on any atom is 0.272 e. The number of rotatable bonds is 2. The van der Waals surface area contributed by atoms with E-state index in [1.54, 1.807) is 36.0 Å². The number of amides is 1. The largest absolute Gasteiger partial charge is 0.345 e. The van der Waals surface area contributed by atoms with Crippen LogP contribution < -0.4 is 5.32 Å². The van der Waals surface area contributed by atoms with Crippen LogP contribution in [0.5, 0.6) is 0 Å². The molecule has 0 unspecified atom stereocenters. The first-order chi connectivity index (χ1) is 8.49. The minimum Gasteiger partial charge on any atom is -0.345 e. The molecular formula is C12H9ClFIN2O. The molecule has 0 saturated carbocycles. The van der Waals surface area contributed by atoms with E-state index in [4.69, 9.17) is 11.6 Å². The van der Waals surface area contributed by atoms with Gasteiger partial charge in [-0.1, -0.05) is 17.7 Å². The normalized spacial score (nSPS) is 10.4. The zero-order valence-electron chi connectivity index (χ0n) is 9.38. The van der Waals surface area contributed by atoms with E-state index in [1.165, 1.54) is 6.07 Å². The fourth-order valence-corrected chi connectivity index (χ4v) is 2.28. The molecule has 2 rings (SSSR count). The van der Waals surface area contributed by atoms with Crippen molar-refractivity contribution in [2.45, 2.75) is 0 Å². The summed E-state index contributed by atoms with van der Waals surface area (Å²) in [5.74, 6) is -0.689. The van der Waals surface area contributed by atoms with E-state index in [0.29, 0.717) is 20.0 Å². The number of anilines is 1. The number of carbonyl (C=O) groups excluding carboxylic acids is 1. The first kappa shape index (κ1) is 13.4. The van der Waals surface area contributed by atoms with Gasteiger partial charge in [-0.2, -0.15) is 0 Å². The van der Waals surface area contributed by atoms with E-state index < -0.39 is 0 Å². The third kappa shape index (κ3) is 2.67. The van der Waals surface area contributed by atoms with Crippen LogP contribution in [0.25, 0.3) is 0 Å². The maximum absolute atomic E-state index is 13.3. The van der Waals surface area contributed by atoms with Crippen molar-refractivity contribution in [1.82, 2.24) is 4.57 Å². The fraction of sp³-hybridized carbons (Fsp3) is 0.0833. The minimum absolute atomic E-state index is 0.326. The highest BCUT2D eigenvalue weighted by Crippen LogP contribution is 2.22. The Balaban J connectivity index is 2.27. The molecule has 0 spiro atoms. The van der Waals surface area contributed by atoms with Gasteiger partial charge in [0.1, 0.15) is 11.5 Å². The molecule has 0 aliphatic heterocycles. The Hall–Kier alpha value is -1.08. The summed E-state index contributed by atoms with van der Waals surface area (Å²) in [6.45, 7) is 0. The lowest BCUT2D eigenvalue weighted by molar-refractivity contribution is 0.101. The number of carbonyl (C=O) groups is 1. The molecule has 0 bridgehead atoms. The number of nitrogens with one attached hydrogen (secondary N) is 1. The SMILES string of the molecule is Cn1cc(Cl)cc1C(=O)Nc1cccc(F)c1I. The molecule has 18 heavy (non-hydrogen) atoms. The maximum atomic E-state index is 13.3. The van der Waals surface area contributed by atoms with Gasteiger partial charge in [-0.15, -0.1) is 0 Å². The Labute approximate surface area is 122 Å². The molecule has 1 heterocycles. The van der Waals surface area contributed by atoms with Gasteiger partial charge in [0.15, 0.2) is 0 Å². The van der Waals surface area contributed by atoms with Gasteiger partial charge < -0.3 is 9.88 Å². The highest BCUT2D eigenvalue weighted by atomic mass is 127. The summed E-state index contributed by atoms with van der Waals surface area (Å²) in [7, 11) is 1.72. The van der Waals surface area contributed by atoms with Crippen LogP contribution in [-0.4, -0.2) is 10.5 Å². The number of aryl methyl sites for hydroxylation is 1. The molecule has 94 valence electrons. The monoisotopic (exact) mass is 378 g/mol. The van der Waals surface area contributed by atoms with Gasteiger partial charge in [0.25, 0.3) is 5.91 Å². The molecule has 0 aliphatic rings. The van der Waals surface area contributed by atoms with E-state index >= 15 is 0 Å². The van der Waals surface area contributed by atoms with E-state index in [-0.39, 0.29) is 11.7 Å². The molecular weight excluding hydrogens is 369 g/mol. The van der Waals surface area contributed by atoms with Crippen LogP contribution in [-0.2, 0) is 7.05 Å². The van der Waals surface area contributed by atoms with E-state index in [9.17, 15) is 9.18 Å². The fourth-order valence-electron chi connectivity index (χ4n) is 1.54. The van der Waals surface area contributed by atoms with Gasteiger partial charge in [-0.25, -0.2) is 4.39 Å². The number of hydrogen-bond donors (Lipinski definition) is 1. The molecule has 0 radical (unpaired) electrons. The van der Waals surface area contributed by atoms with Crippen molar-refractivity contribution in [3.05, 3.63) is 50.6 Å². The molecule has 1 aromatic heterocycles. The highest BCUT2D eigenvalue weighted by molar-refractivity contribution is 14.1. The average molecular weight is 379 g/mol. The van der Waals surface area contributed by atoms with Crippen molar-refractivity contribution in [1.29, 1.82) is 0 Å². The number of hydrogen-bond acceptors (Lipinski definition) is 1. The van der Waals surface area contributed by atoms with Gasteiger partial charge in [-0.3, -0.25) is 4.79 Å². The molecule has 0 saturated heterocycles. The summed E-state index contributed by atoms with van der Waals surface area (Å²) in [6.07, 6.45) is 1.63. The van der Waals surface area contributed by atoms with Crippen LogP contribution in [0.2, 0.25) is 5.02 Å². The second kappa shape index (κ2) is 5.27. The van der Waals surface area contributed by atoms with E-state index in [0.717, 1.165) is 0 Å². The lowest BCUT2D eigenvalue weighted by Crippen LogP contribution is -2.16. The standard InChI is InChI=1S/C12H9ClFIN2O/c1-17-6-7(13)5-10(17)12(18)16-9-4-2-3-8(14)11(9)15/h2-6H,1H3,(H,16,18). The summed E-state index contributed by atoms with van der Waals surface area (Å²) in [4.78, 5) is 12.0. The topological polar surface area (TPSA) is 34.0 Å². The Morgan fingerprint density at radius 3 is 2.83 bits per heavy atom. The number of aromatic nitrogens is 1. The quantitative estimate of drug-likeness (QED) is 0.795. The van der Waals surface area contributed by atoms with Gasteiger partial charge >= 0.3 is 0 Å². The van der Waals surface area contributed by atoms with Crippen molar-refractivity contribution < 1.29 is 9.18 Å². The van der Waals surface area contributed by atoms with Gasteiger partial charge in [0.2, 0.25) is 0 Å². The molecule has 3 nitrogen and oxygen atoms in total. The molecule has 6 heteroatoms. The minimum atomic E-state index is -0.363. The summed E-state index contributed by atoms with van der Waals surface area (Å²) in [6, 6.07) is 6.10. The van der Waals surface area contributed by atoms with Gasteiger partial charge in [0, 0.05) is 13.2 Å². The molecule has 0 fully saturated rings. The van der Waals surface area contributed by atoms with Crippen LogP contribution >= 0.6 is 34.2 Å². The van der Waals surface area contributed by atoms with Crippen LogP contribution in [0.1, 0.15) is 10.5 Å². The van der Waals surface area contributed by atoms with Crippen molar-refractivity contribution in [3.8, 4) is 0 Å². The highest BCUT2D eigenvalue weighted by Gasteiger charge is 2.13. The Morgan fingerprint density at radius 2 is 2.22 bits per heavy atom. The first-order valence-corrected chi connectivity index (χ1v) is 6.52. The average Bonchev–Trinajstić information content (AvgIpc) is 2.64. The number of nitrogens with zero attached hydrogens (tertiary/aromatic N) is 1. The van der Waals surface area contributed by atoms with Crippen molar-refractivity contribution in [3.63, 3.8) is 0 Å². The smallest absolute Gasteiger partial charge is 0.272 e. The zero-order chi connectivity index (χ0) is 13.3. The van der Waals surface area contributed by atoms with E-state index in [2.05, 4.69) is 5.32 Å². The van der Waals surface area contributed by atoms with E-state index in [1.807, 2.05) is 22.6 Å². The summed E-state index contributed by atoms with van der Waals surface area (Å²) in [5, 5.41) is 3.14. The first-order valence-electron chi connectivity index (χ1n) is 5.06. The number of benzene rings is 1. The van der Waals surface area contributed by atoms with Crippen molar-refractivity contribution in [2.75, 3.05) is 5.32 Å². The summed E-state index contributed by atoms with van der Waals surface area (Å²) in [5.41, 5.74) is 0.859. The second-order valence-electron chi connectivity index (χ2n) is 3.71. The third-order valence-electron chi connectivity index (χ3n) is 2.40. The predicted octanol–water partition coefficient (Wildman–Crippen LogP) is 3.67. The molecule has 2 aromatic rings. The van der Waals surface area contributed by atoms with Crippen molar-refractivity contribution in [2.24, 2.45) is 7.05 Å².